The van der Waals surface area contributed by atoms with E-state index >= 15 is 0 Å². The first-order chi connectivity index (χ1) is 7.65. The second-order valence-corrected chi connectivity index (χ2v) is 6.03. The molecular formula is C12H18N2OS. The van der Waals surface area contributed by atoms with Gasteiger partial charge in [-0.1, -0.05) is 13.8 Å². The number of nitrogens with zero attached hydrogens (tertiary/aromatic N) is 1. The summed E-state index contributed by atoms with van der Waals surface area (Å²) in [5.41, 5.74) is 0.925. The Kier molecular flexibility index (Phi) is 3.69. The van der Waals surface area contributed by atoms with Crippen molar-refractivity contribution in [3.05, 3.63) is 27.9 Å². The van der Waals surface area contributed by atoms with Gasteiger partial charge >= 0.3 is 0 Å². The van der Waals surface area contributed by atoms with E-state index in [1.54, 1.807) is 6.07 Å². The van der Waals surface area contributed by atoms with Crippen molar-refractivity contribution in [3.8, 4) is 0 Å². The standard InChI is InChI=1S/C12H18N2OS/c1-8(2)6-9-7-11(15)14-12(13-9)10-4-3-5-16-10/h7-8,10H,3-6H2,1-2H3,(H,13,14,15). The molecule has 0 amide bonds. The summed E-state index contributed by atoms with van der Waals surface area (Å²) in [7, 11) is 0. The van der Waals surface area contributed by atoms with Gasteiger partial charge in [0.15, 0.2) is 0 Å². The van der Waals surface area contributed by atoms with Gasteiger partial charge in [-0.3, -0.25) is 4.79 Å². The maximum atomic E-state index is 11.5. The maximum absolute atomic E-state index is 11.5. The molecule has 2 heterocycles. The Balaban J connectivity index is 2.24. The third-order valence-electron chi connectivity index (χ3n) is 2.67. The van der Waals surface area contributed by atoms with E-state index in [2.05, 4.69) is 23.8 Å². The van der Waals surface area contributed by atoms with Crippen LogP contribution in [0.4, 0.5) is 0 Å². The minimum Gasteiger partial charge on any atom is -0.310 e. The fourth-order valence-corrected chi connectivity index (χ4v) is 3.22. The molecule has 1 N–H and O–H groups in total. The minimum absolute atomic E-state index is 0.00634. The van der Waals surface area contributed by atoms with Gasteiger partial charge in [-0.25, -0.2) is 4.98 Å². The summed E-state index contributed by atoms with van der Waals surface area (Å²) in [6.45, 7) is 4.29. The molecule has 1 aromatic rings. The van der Waals surface area contributed by atoms with E-state index in [1.807, 2.05) is 11.8 Å². The van der Waals surface area contributed by atoms with E-state index in [9.17, 15) is 4.79 Å². The Bertz CT molecular complexity index is 408. The fourth-order valence-electron chi connectivity index (χ4n) is 2.00. The lowest BCUT2D eigenvalue weighted by molar-refractivity contribution is 0.626. The van der Waals surface area contributed by atoms with E-state index in [0.717, 1.165) is 24.4 Å². The highest BCUT2D eigenvalue weighted by Crippen LogP contribution is 2.37. The molecular weight excluding hydrogens is 220 g/mol. The Morgan fingerprint density at radius 3 is 3.06 bits per heavy atom. The quantitative estimate of drug-likeness (QED) is 0.880. The molecule has 1 unspecified atom stereocenters. The molecule has 1 atom stereocenters. The molecule has 0 radical (unpaired) electrons. The molecule has 0 bridgehead atoms. The SMILES string of the molecule is CC(C)Cc1cc(=O)[nH]c(C2CCCS2)n1. The average Bonchev–Trinajstić information content (AvgIpc) is 2.67. The third kappa shape index (κ3) is 2.88. The largest absolute Gasteiger partial charge is 0.310 e. The zero-order valence-electron chi connectivity index (χ0n) is 9.82. The van der Waals surface area contributed by atoms with Crippen LogP contribution in [0.15, 0.2) is 10.9 Å². The van der Waals surface area contributed by atoms with Crippen LogP contribution >= 0.6 is 11.8 Å². The van der Waals surface area contributed by atoms with Gasteiger partial charge in [0, 0.05) is 11.8 Å². The molecule has 1 aliphatic rings. The van der Waals surface area contributed by atoms with E-state index in [4.69, 9.17) is 0 Å². The number of hydrogen-bond acceptors (Lipinski definition) is 3. The van der Waals surface area contributed by atoms with Crippen molar-refractivity contribution in [2.75, 3.05) is 5.75 Å². The molecule has 1 saturated heterocycles. The molecule has 0 aromatic carbocycles. The zero-order valence-corrected chi connectivity index (χ0v) is 10.6. The number of hydrogen-bond donors (Lipinski definition) is 1. The van der Waals surface area contributed by atoms with Gasteiger partial charge in [-0.05, 0) is 30.9 Å². The van der Waals surface area contributed by atoms with Crippen LogP contribution in [0.3, 0.4) is 0 Å². The first-order valence-corrected chi connectivity index (χ1v) is 6.92. The van der Waals surface area contributed by atoms with Crippen LogP contribution in [0.2, 0.25) is 0 Å². The Morgan fingerprint density at radius 1 is 1.62 bits per heavy atom. The fraction of sp³-hybridized carbons (Fsp3) is 0.667. The number of rotatable bonds is 3. The van der Waals surface area contributed by atoms with Crippen LogP contribution in [0, 0.1) is 5.92 Å². The number of aromatic nitrogens is 2. The molecule has 0 saturated carbocycles. The molecule has 88 valence electrons. The van der Waals surface area contributed by atoms with Crippen molar-refractivity contribution in [2.45, 2.75) is 38.4 Å². The summed E-state index contributed by atoms with van der Waals surface area (Å²) in [6.07, 6.45) is 3.25. The number of nitrogens with one attached hydrogen (secondary N) is 1. The van der Waals surface area contributed by atoms with Gasteiger partial charge in [0.2, 0.25) is 0 Å². The lowest BCUT2D eigenvalue weighted by atomic mass is 10.1. The van der Waals surface area contributed by atoms with Gasteiger partial charge in [-0.15, -0.1) is 0 Å². The van der Waals surface area contributed by atoms with E-state index in [1.165, 1.54) is 12.2 Å². The molecule has 1 aliphatic heterocycles. The Morgan fingerprint density at radius 2 is 2.44 bits per heavy atom. The number of H-pyrrole nitrogens is 1. The molecule has 16 heavy (non-hydrogen) atoms. The van der Waals surface area contributed by atoms with Crippen LogP contribution < -0.4 is 5.56 Å². The van der Waals surface area contributed by atoms with Gasteiger partial charge in [0.1, 0.15) is 5.82 Å². The summed E-state index contributed by atoms with van der Waals surface area (Å²) in [4.78, 5) is 19.0. The predicted octanol–water partition coefficient (Wildman–Crippen LogP) is 2.54. The highest BCUT2D eigenvalue weighted by Gasteiger charge is 2.20. The van der Waals surface area contributed by atoms with Crippen LogP contribution in [0.25, 0.3) is 0 Å². The molecule has 2 rings (SSSR count). The van der Waals surface area contributed by atoms with Crippen LogP contribution in [0.5, 0.6) is 0 Å². The van der Waals surface area contributed by atoms with Crippen LogP contribution in [0.1, 0.15) is 43.5 Å². The highest BCUT2D eigenvalue weighted by molar-refractivity contribution is 7.99. The van der Waals surface area contributed by atoms with Crippen molar-refractivity contribution in [2.24, 2.45) is 5.92 Å². The van der Waals surface area contributed by atoms with Crippen molar-refractivity contribution in [1.82, 2.24) is 9.97 Å². The van der Waals surface area contributed by atoms with E-state index in [-0.39, 0.29) is 5.56 Å². The van der Waals surface area contributed by atoms with Crippen LogP contribution in [-0.4, -0.2) is 15.7 Å². The predicted molar refractivity (Wildman–Crippen MR) is 67.8 cm³/mol. The van der Waals surface area contributed by atoms with Crippen molar-refractivity contribution in [3.63, 3.8) is 0 Å². The molecule has 1 aromatic heterocycles. The zero-order chi connectivity index (χ0) is 11.5. The maximum Gasteiger partial charge on any atom is 0.251 e. The summed E-state index contributed by atoms with van der Waals surface area (Å²) < 4.78 is 0. The second-order valence-electron chi connectivity index (χ2n) is 4.72. The lowest BCUT2D eigenvalue weighted by Gasteiger charge is -2.10. The lowest BCUT2D eigenvalue weighted by Crippen LogP contribution is -2.15. The first-order valence-electron chi connectivity index (χ1n) is 5.87. The minimum atomic E-state index is -0.00634. The summed E-state index contributed by atoms with van der Waals surface area (Å²) in [6, 6.07) is 1.63. The van der Waals surface area contributed by atoms with Crippen molar-refractivity contribution < 1.29 is 0 Å². The van der Waals surface area contributed by atoms with Crippen LogP contribution in [-0.2, 0) is 6.42 Å². The van der Waals surface area contributed by atoms with Gasteiger partial charge in [0.05, 0.1) is 5.25 Å². The molecule has 0 aliphatic carbocycles. The van der Waals surface area contributed by atoms with Gasteiger partial charge < -0.3 is 4.98 Å². The number of aromatic amines is 1. The molecule has 3 nitrogen and oxygen atoms in total. The molecule has 4 heteroatoms. The summed E-state index contributed by atoms with van der Waals surface area (Å²) in [5, 5.41) is 0.403. The van der Waals surface area contributed by atoms with Gasteiger partial charge in [0.25, 0.3) is 5.56 Å². The smallest absolute Gasteiger partial charge is 0.251 e. The normalized spacial score (nSPS) is 20.6. The van der Waals surface area contributed by atoms with E-state index < -0.39 is 0 Å². The third-order valence-corrected chi connectivity index (χ3v) is 4.05. The molecule has 1 fully saturated rings. The first kappa shape index (κ1) is 11.7. The Labute approximate surface area is 100 Å². The second kappa shape index (κ2) is 5.04. The van der Waals surface area contributed by atoms with Crippen molar-refractivity contribution in [1.29, 1.82) is 0 Å². The Hall–Kier alpha value is -0.770. The highest BCUT2D eigenvalue weighted by atomic mass is 32.2. The topological polar surface area (TPSA) is 45.8 Å². The van der Waals surface area contributed by atoms with Gasteiger partial charge in [-0.2, -0.15) is 11.8 Å². The van der Waals surface area contributed by atoms with Crippen molar-refractivity contribution >= 4 is 11.8 Å². The summed E-state index contributed by atoms with van der Waals surface area (Å²) in [5.74, 6) is 2.60. The number of thioether (sulfide) groups is 1. The molecule has 0 spiro atoms. The summed E-state index contributed by atoms with van der Waals surface area (Å²) >= 11 is 1.90. The average molecular weight is 238 g/mol. The monoisotopic (exact) mass is 238 g/mol. The van der Waals surface area contributed by atoms with E-state index in [0.29, 0.717) is 11.2 Å².